The summed E-state index contributed by atoms with van der Waals surface area (Å²) < 4.78 is 69.5. The van der Waals surface area contributed by atoms with Crippen molar-refractivity contribution >= 4 is 27.3 Å². The summed E-state index contributed by atoms with van der Waals surface area (Å²) in [6, 6.07) is 7.19. The van der Waals surface area contributed by atoms with E-state index in [9.17, 15) is 21.6 Å². The zero-order valence-electron chi connectivity index (χ0n) is 14.0. The number of unbranched alkanes of at least 4 members (excludes halogenated alkanes) is 1. The minimum absolute atomic E-state index is 0.130. The van der Waals surface area contributed by atoms with E-state index in [2.05, 4.69) is 5.32 Å². The molecule has 0 bridgehead atoms. The molecule has 0 aliphatic carbocycles. The van der Waals surface area contributed by atoms with Gasteiger partial charge in [-0.05, 0) is 38.6 Å². The molecule has 5 nitrogen and oxygen atoms in total. The van der Waals surface area contributed by atoms with E-state index in [-0.39, 0.29) is 12.2 Å². The second-order valence-electron chi connectivity index (χ2n) is 5.86. The molecular weight excluding hydrogens is 367 g/mol. The highest BCUT2D eigenvalue weighted by Gasteiger charge is 2.43. The van der Waals surface area contributed by atoms with Crippen molar-refractivity contribution in [2.24, 2.45) is 0 Å². The molecule has 0 fully saturated rings. The van der Waals surface area contributed by atoms with E-state index in [1.165, 1.54) is 6.07 Å². The highest BCUT2D eigenvalue weighted by atomic mass is 32.2. The summed E-state index contributed by atoms with van der Waals surface area (Å²) in [5.74, 6) is -3.67. The summed E-state index contributed by atoms with van der Waals surface area (Å²) in [4.78, 5) is 0. The van der Waals surface area contributed by atoms with E-state index in [0.29, 0.717) is 28.5 Å². The molecule has 2 aromatic rings. The Bertz CT molecular complexity index is 898. The van der Waals surface area contributed by atoms with Crippen molar-refractivity contribution in [1.82, 2.24) is 5.32 Å². The fraction of sp³-hybridized carbons (Fsp3) is 0.294. The molecule has 1 heterocycles. The molecular formula is C17H18F3N3O2S. The average Bonchev–Trinajstić information content (AvgIpc) is 2.79. The van der Waals surface area contributed by atoms with E-state index in [1.54, 1.807) is 25.2 Å². The van der Waals surface area contributed by atoms with Gasteiger partial charge < -0.3 is 5.32 Å². The first-order valence-corrected chi connectivity index (χ1v) is 9.49. The Hall–Kier alpha value is -2.26. The minimum Gasteiger partial charge on any atom is -0.320 e. The first-order chi connectivity index (χ1) is 12.4. The number of hydrogen-bond acceptors (Lipinski definition) is 3. The van der Waals surface area contributed by atoms with Crippen LogP contribution in [0.15, 0.2) is 36.4 Å². The maximum Gasteiger partial charge on any atom is 0.331 e. The SMILES string of the molecule is CNCCCCN1c2ccccc2N(c2c(F)cc(F)cc2F)S1(=O)=O. The molecule has 0 saturated heterocycles. The van der Waals surface area contributed by atoms with Crippen LogP contribution in [0, 0.1) is 17.5 Å². The molecule has 1 N–H and O–H groups in total. The Kier molecular flexibility index (Phi) is 5.10. The third-order valence-electron chi connectivity index (χ3n) is 4.10. The number of halogens is 3. The molecule has 1 aliphatic rings. The Balaban J connectivity index is 2.07. The lowest BCUT2D eigenvalue weighted by atomic mass is 10.2. The van der Waals surface area contributed by atoms with Gasteiger partial charge in [-0.3, -0.25) is 4.31 Å². The van der Waals surface area contributed by atoms with Crippen LogP contribution in [0.5, 0.6) is 0 Å². The molecule has 0 aromatic heterocycles. The molecule has 2 aromatic carbocycles. The number of anilines is 3. The van der Waals surface area contributed by atoms with Gasteiger partial charge in [0.15, 0.2) is 11.6 Å². The maximum absolute atomic E-state index is 14.3. The molecule has 140 valence electrons. The number of nitrogens with one attached hydrogen (secondary N) is 1. The van der Waals surface area contributed by atoms with Crippen molar-refractivity contribution in [2.45, 2.75) is 12.8 Å². The normalized spacial score (nSPS) is 15.4. The van der Waals surface area contributed by atoms with Gasteiger partial charge >= 0.3 is 10.2 Å². The van der Waals surface area contributed by atoms with Crippen molar-refractivity contribution in [3.05, 3.63) is 53.8 Å². The van der Waals surface area contributed by atoms with Crippen molar-refractivity contribution < 1.29 is 21.6 Å². The summed E-state index contributed by atoms with van der Waals surface area (Å²) in [5.41, 5.74) is -0.345. The third kappa shape index (κ3) is 3.12. The molecule has 1 aliphatic heterocycles. The van der Waals surface area contributed by atoms with Crippen LogP contribution in [0.2, 0.25) is 0 Å². The predicted octanol–water partition coefficient (Wildman–Crippen LogP) is 3.31. The average molecular weight is 385 g/mol. The fourth-order valence-electron chi connectivity index (χ4n) is 2.95. The standard InChI is InChI=1S/C17H18F3N3O2S/c1-21-8-4-5-9-22-15-6-2-3-7-16(15)23(26(22,24)25)17-13(19)10-12(18)11-14(17)20/h2-3,6-7,10-11,21H,4-5,8-9H2,1H3. The summed E-state index contributed by atoms with van der Waals surface area (Å²) >= 11 is 0. The molecule has 0 amide bonds. The molecule has 0 spiro atoms. The molecule has 0 radical (unpaired) electrons. The number of nitrogens with zero attached hydrogens (tertiary/aromatic N) is 2. The van der Waals surface area contributed by atoms with Gasteiger partial charge in [0.1, 0.15) is 11.5 Å². The Labute approximate surface area is 150 Å². The van der Waals surface area contributed by atoms with Gasteiger partial charge in [-0.1, -0.05) is 12.1 Å². The van der Waals surface area contributed by atoms with Crippen LogP contribution < -0.4 is 13.9 Å². The molecule has 0 saturated carbocycles. The highest BCUT2D eigenvalue weighted by molar-refractivity contribution is 7.95. The van der Waals surface area contributed by atoms with Crippen molar-refractivity contribution in [1.29, 1.82) is 0 Å². The topological polar surface area (TPSA) is 52.6 Å². The largest absolute Gasteiger partial charge is 0.331 e. The number of rotatable bonds is 6. The first kappa shape index (κ1) is 18.5. The van der Waals surface area contributed by atoms with Gasteiger partial charge in [0.2, 0.25) is 0 Å². The summed E-state index contributed by atoms with van der Waals surface area (Å²) in [6.45, 7) is 0.891. The van der Waals surface area contributed by atoms with E-state index >= 15 is 0 Å². The second kappa shape index (κ2) is 7.16. The lowest BCUT2D eigenvalue weighted by molar-refractivity contribution is 0.543. The molecule has 0 atom stereocenters. The maximum atomic E-state index is 14.3. The van der Waals surface area contributed by atoms with E-state index in [1.807, 2.05) is 0 Å². The van der Waals surface area contributed by atoms with E-state index < -0.39 is 33.3 Å². The zero-order valence-corrected chi connectivity index (χ0v) is 14.9. The van der Waals surface area contributed by atoms with Crippen LogP contribution in [0.4, 0.5) is 30.2 Å². The van der Waals surface area contributed by atoms with Gasteiger partial charge in [-0.15, -0.1) is 0 Å². The number of fused-ring (bicyclic) bond motifs is 1. The van der Waals surface area contributed by atoms with Gasteiger partial charge in [0.25, 0.3) is 0 Å². The van der Waals surface area contributed by atoms with E-state index in [4.69, 9.17) is 0 Å². The Morgan fingerprint density at radius 1 is 1.00 bits per heavy atom. The molecule has 26 heavy (non-hydrogen) atoms. The Morgan fingerprint density at radius 2 is 1.62 bits per heavy atom. The van der Waals surface area contributed by atoms with Crippen LogP contribution in [-0.2, 0) is 10.2 Å². The lowest BCUT2D eigenvalue weighted by Crippen LogP contribution is -2.37. The number of para-hydroxylation sites is 2. The molecule has 0 unspecified atom stereocenters. The van der Waals surface area contributed by atoms with Crippen LogP contribution in [-0.4, -0.2) is 28.6 Å². The monoisotopic (exact) mass is 385 g/mol. The molecule has 3 rings (SSSR count). The minimum atomic E-state index is -4.24. The van der Waals surface area contributed by atoms with Crippen molar-refractivity contribution in [3.8, 4) is 0 Å². The summed E-state index contributed by atoms with van der Waals surface area (Å²) in [5, 5.41) is 2.97. The smallest absolute Gasteiger partial charge is 0.320 e. The van der Waals surface area contributed by atoms with Gasteiger partial charge in [-0.2, -0.15) is 8.42 Å². The zero-order chi connectivity index (χ0) is 18.9. The van der Waals surface area contributed by atoms with Crippen molar-refractivity contribution in [3.63, 3.8) is 0 Å². The van der Waals surface area contributed by atoms with Gasteiger partial charge in [0, 0.05) is 18.7 Å². The van der Waals surface area contributed by atoms with Gasteiger partial charge in [-0.25, -0.2) is 17.5 Å². The lowest BCUT2D eigenvalue weighted by Gasteiger charge is -2.22. The molecule has 9 heteroatoms. The van der Waals surface area contributed by atoms with E-state index in [0.717, 1.165) is 17.3 Å². The van der Waals surface area contributed by atoms with Crippen molar-refractivity contribution in [2.75, 3.05) is 28.7 Å². The van der Waals surface area contributed by atoms with Crippen LogP contribution in [0.25, 0.3) is 0 Å². The van der Waals surface area contributed by atoms with Crippen LogP contribution >= 0.6 is 0 Å². The Morgan fingerprint density at radius 3 is 2.23 bits per heavy atom. The summed E-state index contributed by atoms with van der Waals surface area (Å²) in [7, 11) is -2.45. The fourth-order valence-corrected chi connectivity index (χ4v) is 4.72. The summed E-state index contributed by atoms with van der Waals surface area (Å²) in [6.07, 6.45) is 1.31. The van der Waals surface area contributed by atoms with Crippen LogP contribution in [0.3, 0.4) is 0 Å². The highest BCUT2D eigenvalue weighted by Crippen LogP contribution is 2.46. The number of hydrogen-bond donors (Lipinski definition) is 1. The van der Waals surface area contributed by atoms with Gasteiger partial charge in [0.05, 0.1) is 11.4 Å². The quantitative estimate of drug-likeness (QED) is 0.777. The third-order valence-corrected chi connectivity index (χ3v) is 5.88. The number of benzene rings is 2. The first-order valence-electron chi connectivity index (χ1n) is 8.09. The predicted molar refractivity (Wildman–Crippen MR) is 94.3 cm³/mol. The van der Waals surface area contributed by atoms with Crippen LogP contribution in [0.1, 0.15) is 12.8 Å². The second-order valence-corrected chi connectivity index (χ2v) is 7.56.